The Hall–Kier alpha value is -1.85. The van der Waals surface area contributed by atoms with Gasteiger partial charge in [-0.25, -0.2) is 0 Å². The van der Waals surface area contributed by atoms with Gasteiger partial charge in [0.15, 0.2) is 0 Å². The third kappa shape index (κ3) is 2.40. The van der Waals surface area contributed by atoms with E-state index in [4.69, 9.17) is 5.11 Å². The van der Waals surface area contributed by atoms with Crippen molar-refractivity contribution in [2.45, 2.75) is 39.0 Å². The van der Waals surface area contributed by atoms with Crippen LogP contribution in [-0.4, -0.2) is 44.8 Å². The predicted molar refractivity (Wildman–Crippen MR) is 80.6 cm³/mol. The lowest BCUT2D eigenvalue weighted by Gasteiger charge is -2.32. The van der Waals surface area contributed by atoms with E-state index in [2.05, 4.69) is 18.9 Å². The molecule has 1 aromatic rings. The fraction of sp³-hybridized carbons (Fsp3) is 0.688. The van der Waals surface area contributed by atoms with E-state index in [0.717, 1.165) is 25.0 Å². The summed E-state index contributed by atoms with van der Waals surface area (Å²) < 4.78 is 1.65. The molecule has 1 spiro atoms. The summed E-state index contributed by atoms with van der Waals surface area (Å²) in [4.78, 5) is 25.6. The minimum absolute atomic E-state index is 0.00396. The quantitative estimate of drug-likeness (QED) is 0.925. The fourth-order valence-electron chi connectivity index (χ4n) is 3.54. The van der Waals surface area contributed by atoms with E-state index in [0.29, 0.717) is 24.7 Å². The van der Waals surface area contributed by atoms with E-state index < -0.39 is 5.97 Å². The largest absolute Gasteiger partial charge is 0.481 e. The Morgan fingerprint density at radius 3 is 2.45 bits per heavy atom. The maximum absolute atomic E-state index is 12.7. The van der Waals surface area contributed by atoms with Crippen LogP contribution in [0.3, 0.4) is 0 Å². The summed E-state index contributed by atoms with van der Waals surface area (Å²) in [5.41, 5.74) is 1.50. The molecule has 6 nitrogen and oxygen atoms in total. The summed E-state index contributed by atoms with van der Waals surface area (Å²) in [7, 11) is 1.80. The third-order valence-corrected chi connectivity index (χ3v) is 5.24. The van der Waals surface area contributed by atoms with Crippen LogP contribution in [0.15, 0.2) is 6.07 Å². The van der Waals surface area contributed by atoms with Gasteiger partial charge in [-0.3, -0.25) is 14.3 Å². The molecule has 1 N–H and O–H groups in total. The lowest BCUT2D eigenvalue weighted by atomic mass is 9.90. The number of aromatic nitrogens is 2. The van der Waals surface area contributed by atoms with Gasteiger partial charge >= 0.3 is 5.97 Å². The molecular weight excluding hydrogens is 282 g/mol. The zero-order valence-electron chi connectivity index (χ0n) is 13.4. The minimum Gasteiger partial charge on any atom is -0.481 e. The number of aliphatic carboxylic acids is 1. The number of carbonyl (C=O) groups is 2. The number of likely N-dealkylation sites (tertiary alicyclic amines) is 1. The number of carboxylic acid groups (broad SMARTS) is 1. The normalized spacial score (nSPS) is 23.1. The second-order valence-corrected chi connectivity index (χ2v) is 6.98. The molecule has 0 bridgehead atoms. The van der Waals surface area contributed by atoms with E-state index >= 15 is 0 Å². The Morgan fingerprint density at radius 2 is 2.00 bits per heavy atom. The molecule has 6 heteroatoms. The van der Waals surface area contributed by atoms with E-state index in [1.165, 1.54) is 0 Å². The molecule has 1 aliphatic carbocycles. The molecule has 22 heavy (non-hydrogen) atoms. The van der Waals surface area contributed by atoms with Crippen LogP contribution < -0.4 is 0 Å². The monoisotopic (exact) mass is 305 g/mol. The molecule has 1 saturated heterocycles. The summed E-state index contributed by atoms with van der Waals surface area (Å²) in [6.07, 6.45) is 2.36. The summed E-state index contributed by atoms with van der Waals surface area (Å²) in [5.74, 6) is -0.591. The van der Waals surface area contributed by atoms with Crippen LogP contribution in [-0.2, 0) is 11.8 Å². The topological polar surface area (TPSA) is 75.4 Å². The van der Waals surface area contributed by atoms with Crippen molar-refractivity contribution in [3.63, 3.8) is 0 Å². The van der Waals surface area contributed by atoms with Crippen LogP contribution in [0.5, 0.6) is 0 Å². The molecule has 2 aliphatic rings. The zero-order valence-corrected chi connectivity index (χ0v) is 13.4. The molecule has 2 fully saturated rings. The second kappa shape index (κ2) is 5.11. The van der Waals surface area contributed by atoms with Crippen molar-refractivity contribution in [3.05, 3.63) is 17.5 Å². The standard InChI is InChI=1S/C16H23N3O3/c1-10(2)12-8-13(18(3)17-12)14(20)19-6-4-16(5-7-19)9-11(16)15(21)22/h8,10-11H,4-7,9H2,1-3H3,(H,21,22). The first-order valence-corrected chi connectivity index (χ1v) is 7.90. The van der Waals surface area contributed by atoms with Gasteiger partial charge in [-0.2, -0.15) is 5.10 Å². The van der Waals surface area contributed by atoms with Crippen LogP contribution in [0, 0.1) is 11.3 Å². The van der Waals surface area contributed by atoms with Crippen LogP contribution >= 0.6 is 0 Å². The van der Waals surface area contributed by atoms with Crippen molar-refractivity contribution in [3.8, 4) is 0 Å². The van der Waals surface area contributed by atoms with Crippen LogP contribution in [0.2, 0.25) is 0 Å². The van der Waals surface area contributed by atoms with Crippen LogP contribution in [0.1, 0.15) is 55.2 Å². The van der Waals surface area contributed by atoms with Gasteiger partial charge < -0.3 is 10.0 Å². The van der Waals surface area contributed by atoms with Gasteiger partial charge in [0.1, 0.15) is 5.69 Å². The minimum atomic E-state index is -0.687. The number of carboxylic acids is 1. The first-order chi connectivity index (χ1) is 10.3. The Morgan fingerprint density at radius 1 is 1.36 bits per heavy atom. The van der Waals surface area contributed by atoms with Gasteiger partial charge in [-0.15, -0.1) is 0 Å². The second-order valence-electron chi connectivity index (χ2n) is 6.98. The van der Waals surface area contributed by atoms with Crippen LogP contribution in [0.4, 0.5) is 0 Å². The molecule has 0 aromatic carbocycles. The molecule has 1 aromatic heterocycles. The fourth-order valence-corrected chi connectivity index (χ4v) is 3.54. The first-order valence-electron chi connectivity index (χ1n) is 7.90. The lowest BCUT2D eigenvalue weighted by Crippen LogP contribution is -2.40. The predicted octanol–water partition coefficient (Wildman–Crippen LogP) is 1.87. The highest BCUT2D eigenvalue weighted by Gasteiger charge is 2.59. The number of amides is 1. The van der Waals surface area contributed by atoms with Crippen molar-refractivity contribution in [1.82, 2.24) is 14.7 Å². The number of aryl methyl sites for hydroxylation is 1. The number of hydrogen-bond donors (Lipinski definition) is 1. The SMILES string of the molecule is CC(C)c1cc(C(=O)N2CCC3(CC2)CC3C(=O)O)n(C)n1. The van der Waals surface area contributed by atoms with Gasteiger partial charge in [0, 0.05) is 20.1 Å². The summed E-state index contributed by atoms with van der Waals surface area (Å²) in [6.45, 7) is 5.40. The third-order valence-electron chi connectivity index (χ3n) is 5.24. The van der Waals surface area contributed by atoms with Gasteiger partial charge in [-0.1, -0.05) is 13.8 Å². The highest BCUT2D eigenvalue weighted by atomic mass is 16.4. The van der Waals surface area contributed by atoms with E-state index in [9.17, 15) is 9.59 Å². The highest BCUT2D eigenvalue weighted by molar-refractivity contribution is 5.92. The molecular formula is C16H23N3O3. The van der Waals surface area contributed by atoms with E-state index in [1.807, 2.05) is 11.0 Å². The van der Waals surface area contributed by atoms with Crippen LogP contribution in [0.25, 0.3) is 0 Å². The average molecular weight is 305 g/mol. The Kier molecular flexibility index (Phi) is 3.50. The van der Waals surface area contributed by atoms with Gasteiger partial charge in [0.25, 0.3) is 5.91 Å². The molecule has 1 saturated carbocycles. The van der Waals surface area contributed by atoms with Crippen molar-refractivity contribution in [1.29, 1.82) is 0 Å². The van der Waals surface area contributed by atoms with Crippen molar-refractivity contribution in [2.24, 2.45) is 18.4 Å². The summed E-state index contributed by atoms with van der Waals surface area (Å²) in [5, 5.41) is 13.5. The molecule has 1 unspecified atom stereocenters. The summed E-state index contributed by atoms with van der Waals surface area (Å²) >= 11 is 0. The number of hydrogen-bond acceptors (Lipinski definition) is 3. The Bertz CT molecular complexity index is 612. The first kappa shape index (κ1) is 15.1. The van der Waals surface area contributed by atoms with Crippen molar-refractivity contribution < 1.29 is 14.7 Å². The van der Waals surface area contributed by atoms with E-state index in [1.54, 1.807) is 11.7 Å². The number of nitrogens with zero attached hydrogens (tertiary/aromatic N) is 3. The molecule has 3 rings (SSSR count). The van der Waals surface area contributed by atoms with Gasteiger partial charge in [-0.05, 0) is 36.7 Å². The number of rotatable bonds is 3. The maximum Gasteiger partial charge on any atom is 0.307 e. The number of piperidine rings is 1. The summed E-state index contributed by atoms with van der Waals surface area (Å²) in [6, 6.07) is 1.87. The molecule has 1 atom stereocenters. The zero-order chi connectivity index (χ0) is 16.1. The van der Waals surface area contributed by atoms with Crippen molar-refractivity contribution in [2.75, 3.05) is 13.1 Å². The highest BCUT2D eigenvalue weighted by Crippen LogP contribution is 2.59. The van der Waals surface area contributed by atoms with Gasteiger partial charge in [0.05, 0.1) is 11.6 Å². The smallest absolute Gasteiger partial charge is 0.307 e. The average Bonchev–Trinajstić information content (AvgIpc) is 3.02. The van der Waals surface area contributed by atoms with E-state index in [-0.39, 0.29) is 17.2 Å². The maximum atomic E-state index is 12.7. The molecule has 1 amide bonds. The molecule has 0 radical (unpaired) electrons. The van der Waals surface area contributed by atoms with Gasteiger partial charge in [0.2, 0.25) is 0 Å². The molecule has 1 aliphatic heterocycles. The lowest BCUT2D eigenvalue weighted by molar-refractivity contribution is -0.139. The van der Waals surface area contributed by atoms with Crippen molar-refractivity contribution >= 4 is 11.9 Å². The Balaban J connectivity index is 1.67. The molecule has 2 heterocycles. The molecule has 120 valence electrons. The Labute approximate surface area is 130 Å². The number of carbonyl (C=O) groups excluding carboxylic acids is 1.